The molecule has 1 rings (SSSR count). The predicted molar refractivity (Wildman–Crippen MR) is 71.3 cm³/mol. The fraction of sp³-hybridized carbons (Fsp3) is 0.923. The summed E-state index contributed by atoms with van der Waals surface area (Å²) in [6.07, 6.45) is 1.22. The molecule has 1 fully saturated rings. The summed E-state index contributed by atoms with van der Waals surface area (Å²) in [5, 5.41) is 1.96. The first-order chi connectivity index (χ1) is 9.34. The van der Waals surface area contributed by atoms with E-state index in [9.17, 15) is 18.0 Å². The molecule has 1 saturated carbocycles. The molecule has 0 spiro atoms. The van der Waals surface area contributed by atoms with Crippen LogP contribution >= 0.6 is 0 Å². The van der Waals surface area contributed by atoms with Crippen LogP contribution in [-0.2, 0) is 0 Å². The summed E-state index contributed by atoms with van der Waals surface area (Å²) in [6.45, 7) is 1.12. The second-order valence-corrected chi connectivity index (χ2v) is 5.36. The summed E-state index contributed by atoms with van der Waals surface area (Å²) < 4.78 is 36.6. The molecule has 2 amide bonds. The molecule has 0 aromatic carbocycles. The Morgan fingerprint density at radius 2 is 1.80 bits per heavy atom. The van der Waals surface area contributed by atoms with Crippen LogP contribution in [0.2, 0.25) is 0 Å². The summed E-state index contributed by atoms with van der Waals surface area (Å²) in [4.78, 5) is 13.5. The van der Waals surface area contributed by atoms with Crippen LogP contribution in [0, 0.1) is 0 Å². The second kappa shape index (κ2) is 7.15. The minimum absolute atomic E-state index is 0.292. The molecular formula is C13H24F3N3O. The number of rotatable bonds is 4. The smallest absolute Gasteiger partial charge is 0.329 e. The maximum Gasteiger partial charge on any atom is 0.405 e. The van der Waals surface area contributed by atoms with Gasteiger partial charge in [0.1, 0.15) is 6.54 Å². The number of urea groups is 1. The third-order valence-electron chi connectivity index (χ3n) is 3.99. The van der Waals surface area contributed by atoms with Crippen molar-refractivity contribution in [2.24, 2.45) is 5.73 Å². The van der Waals surface area contributed by atoms with Gasteiger partial charge in [-0.05, 0) is 19.8 Å². The van der Waals surface area contributed by atoms with E-state index >= 15 is 0 Å². The van der Waals surface area contributed by atoms with Gasteiger partial charge in [0.2, 0.25) is 0 Å². The van der Waals surface area contributed by atoms with Crippen molar-refractivity contribution in [2.45, 2.75) is 57.2 Å². The number of nitrogens with one attached hydrogen (secondary N) is 1. The summed E-state index contributed by atoms with van der Waals surface area (Å²) in [5.74, 6) is 0. The summed E-state index contributed by atoms with van der Waals surface area (Å²) in [6, 6.07) is -0.669. The summed E-state index contributed by atoms with van der Waals surface area (Å²) >= 11 is 0. The Morgan fingerprint density at radius 3 is 2.20 bits per heavy atom. The zero-order valence-corrected chi connectivity index (χ0v) is 11.9. The molecule has 1 aliphatic rings. The van der Waals surface area contributed by atoms with Crippen LogP contribution in [0.15, 0.2) is 0 Å². The number of amides is 2. The monoisotopic (exact) mass is 295 g/mol. The van der Waals surface area contributed by atoms with E-state index in [1.54, 1.807) is 6.92 Å². The Kier molecular flexibility index (Phi) is 6.10. The molecule has 1 aliphatic carbocycles. The van der Waals surface area contributed by atoms with Crippen LogP contribution in [0.1, 0.15) is 45.4 Å². The van der Waals surface area contributed by atoms with E-state index in [-0.39, 0.29) is 0 Å². The third kappa shape index (κ3) is 4.54. The van der Waals surface area contributed by atoms with Crippen molar-refractivity contribution in [1.29, 1.82) is 0 Å². The van der Waals surface area contributed by atoms with Crippen LogP contribution in [0.3, 0.4) is 0 Å². The van der Waals surface area contributed by atoms with Crippen LogP contribution < -0.4 is 11.1 Å². The van der Waals surface area contributed by atoms with Gasteiger partial charge in [-0.3, -0.25) is 0 Å². The van der Waals surface area contributed by atoms with Crippen molar-refractivity contribution in [3.05, 3.63) is 0 Å². The lowest BCUT2D eigenvalue weighted by Crippen LogP contribution is -2.59. The molecule has 0 unspecified atom stereocenters. The van der Waals surface area contributed by atoms with E-state index in [0.717, 1.165) is 38.5 Å². The Labute approximate surface area is 117 Å². The molecule has 118 valence electrons. The molecule has 0 heterocycles. The third-order valence-corrected chi connectivity index (χ3v) is 3.99. The van der Waals surface area contributed by atoms with Crippen molar-refractivity contribution in [3.8, 4) is 0 Å². The standard InChI is InChI=1S/C13H24F3N3O/c1-2-19(11(20)18-10-13(14,15)16)12(9-17)7-5-3-4-6-8-12/h2-10,17H2,1H3,(H,18,20). The largest absolute Gasteiger partial charge is 0.405 e. The summed E-state index contributed by atoms with van der Waals surface area (Å²) in [7, 11) is 0. The van der Waals surface area contributed by atoms with Crippen molar-refractivity contribution >= 4 is 6.03 Å². The van der Waals surface area contributed by atoms with E-state index in [1.807, 2.05) is 5.32 Å². The fourth-order valence-corrected chi connectivity index (χ4v) is 2.94. The van der Waals surface area contributed by atoms with E-state index < -0.39 is 24.3 Å². The topological polar surface area (TPSA) is 58.4 Å². The number of alkyl halides is 3. The van der Waals surface area contributed by atoms with Gasteiger partial charge in [0.15, 0.2) is 0 Å². The molecule has 0 radical (unpaired) electrons. The van der Waals surface area contributed by atoms with Crippen molar-refractivity contribution in [2.75, 3.05) is 19.6 Å². The molecule has 0 saturated heterocycles. The normalized spacial score (nSPS) is 19.2. The van der Waals surface area contributed by atoms with Gasteiger partial charge in [0, 0.05) is 13.1 Å². The highest BCUT2D eigenvalue weighted by Gasteiger charge is 2.39. The first kappa shape index (κ1) is 17.1. The Morgan fingerprint density at radius 1 is 1.25 bits per heavy atom. The van der Waals surface area contributed by atoms with Crippen LogP contribution in [0.4, 0.5) is 18.0 Å². The first-order valence-electron chi connectivity index (χ1n) is 7.17. The maximum absolute atomic E-state index is 12.2. The Balaban J connectivity index is 2.77. The van der Waals surface area contributed by atoms with E-state index in [1.165, 1.54) is 4.90 Å². The number of nitrogens with two attached hydrogens (primary N) is 1. The summed E-state index contributed by atoms with van der Waals surface area (Å²) in [5.41, 5.74) is 5.36. The van der Waals surface area contributed by atoms with E-state index in [0.29, 0.717) is 13.1 Å². The highest BCUT2D eigenvalue weighted by atomic mass is 19.4. The second-order valence-electron chi connectivity index (χ2n) is 5.36. The minimum atomic E-state index is -4.39. The van der Waals surface area contributed by atoms with Gasteiger partial charge in [-0.15, -0.1) is 0 Å². The molecule has 0 bridgehead atoms. The number of hydrogen-bond acceptors (Lipinski definition) is 2. The van der Waals surface area contributed by atoms with Crippen molar-refractivity contribution < 1.29 is 18.0 Å². The number of halogens is 3. The van der Waals surface area contributed by atoms with Gasteiger partial charge in [-0.25, -0.2) is 4.79 Å². The molecule has 4 nitrogen and oxygen atoms in total. The minimum Gasteiger partial charge on any atom is -0.329 e. The van der Waals surface area contributed by atoms with Gasteiger partial charge in [-0.2, -0.15) is 13.2 Å². The molecule has 0 aliphatic heterocycles. The number of carbonyl (C=O) groups is 1. The molecule has 0 aromatic heterocycles. The average molecular weight is 295 g/mol. The number of hydrogen-bond donors (Lipinski definition) is 2. The fourth-order valence-electron chi connectivity index (χ4n) is 2.94. The zero-order valence-electron chi connectivity index (χ0n) is 11.9. The lowest BCUT2D eigenvalue weighted by molar-refractivity contribution is -0.123. The number of carbonyl (C=O) groups excluding carboxylic acids is 1. The SMILES string of the molecule is CCN(C(=O)NCC(F)(F)F)C1(CN)CCCCCC1. The van der Waals surface area contributed by atoms with Crippen molar-refractivity contribution in [1.82, 2.24) is 10.2 Å². The molecule has 0 aromatic rings. The van der Waals surface area contributed by atoms with Gasteiger partial charge in [-0.1, -0.05) is 25.7 Å². The zero-order chi connectivity index (χ0) is 15.2. The van der Waals surface area contributed by atoms with Crippen LogP contribution in [0.5, 0.6) is 0 Å². The number of likely N-dealkylation sites (N-methyl/N-ethyl adjacent to an activating group) is 1. The van der Waals surface area contributed by atoms with E-state index in [2.05, 4.69) is 0 Å². The molecule has 0 atom stereocenters. The maximum atomic E-state index is 12.2. The highest BCUT2D eigenvalue weighted by molar-refractivity contribution is 5.75. The van der Waals surface area contributed by atoms with E-state index in [4.69, 9.17) is 5.73 Å². The van der Waals surface area contributed by atoms with Gasteiger partial charge in [0.05, 0.1) is 5.54 Å². The number of nitrogens with zero attached hydrogens (tertiary/aromatic N) is 1. The lowest BCUT2D eigenvalue weighted by Gasteiger charge is -2.42. The lowest BCUT2D eigenvalue weighted by atomic mass is 9.88. The van der Waals surface area contributed by atoms with Gasteiger partial charge >= 0.3 is 12.2 Å². The van der Waals surface area contributed by atoms with Crippen LogP contribution in [0.25, 0.3) is 0 Å². The highest BCUT2D eigenvalue weighted by Crippen LogP contribution is 2.32. The quantitative estimate of drug-likeness (QED) is 0.783. The van der Waals surface area contributed by atoms with Gasteiger partial charge < -0.3 is 16.0 Å². The first-order valence-corrected chi connectivity index (χ1v) is 7.17. The molecule has 20 heavy (non-hydrogen) atoms. The molecule has 3 N–H and O–H groups in total. The molecule has 7 heteroatoms. The van der Waals surface area contributed by atoms with Gasteiger partial charge in [0.25, 0.3) is 0 Å². The van der Waals surface area contributed by atoms with Crippen molar-refractivity contribution in [3.63, 3.8) is 0 Å². The molecular weight excluding hydrogens is 271 g/mol. The predicted octanol–water partition coefficient (Wildman–Crippen LogP) is 2.63. The average Bonchev–Trinajstić information content (AvgIpc) is 2.63. The Bertz CT molecular complexity index is 312. The van der Waals surface area contributed by atoms with Crippen LogP contribution in [-0.4, -0.2) is 42.3 Å². The Hall–Kier alpha value is -0.980.